The molecular weight excluding hydrogens is 212 g/mol. The molecule has 1 heterocycles. The van der Waals surface area contributed by atoms with Gasteiger partial charge < -0.3 is 9.67 Å². The van der Waals surface area contributed by atoms with Crippen molar-refractivity contribution in [3.63, 3.8) is 0 Å². The maximum absolute atomic E-state index is 9.94. The van der Waals surface area contributed by atoms with Crippen molar-refractivity contribution in [2.45, 2.75) is 45.8 Å². The number of imidazole rings is 1. The van der Waals surface area contributed by atoms with E-state index >= 15 is 0 Å². The zero-order chi connectivity index (χ0) is 12.5. The van der Waals surface area contributed by atoms with Crippen LogP contribution in [0.5, 0.6) is 0 Å². The van der Waals surface area contributed by atoms with E-state index in [2.05, 4.69) is 22.5 Å². The normalized spacial score (nSPS) is 12.2. The van der Waals surface area contributed by atoms with Crippen molar-refractivity contribution in [2.75, 3.05) is 0 Å². The van der Waals surface area contributed by atoms with Crippen LogP contribution in [0, 0.1) is 0 Å². The van der Waals surface area contributed by atoms with Crippen LogP contribution >= 0.6 is 0 Å². The predicted molar refractivity (Wildman–Crippen MR) is 70.0 cm³/mol. The molecule has 3 nitrogen and oxygen atoms in total. The van der Waals surface area contributed by atoms with Gasteiger partial charge in [-0.2, -0.15) is 0 Å². The van der Waals surface area contributed by atoms with Crippen molar-refractivity contribution >= 4 is 11.0 Å². The fourth-order valence-electron chi connectivity index (χ4n) is 2.12. The first-order chi connectivity index (χ1) is 8.01. The molecule has 0 aliphatic heterocycles. The summed E-state index contributed by atoms with van der Waals surface area (Å²) in [5, 5.41) is 9.94. The second kappa shape index (κ2) is 4.49. The molecule has 0 saturated heterocycles. The molecule has 0 spiro atoms. The number of aryl methyl sites for hydroxylation is 1. The van der Waals surface area contributed by atoms with Gasteiger partial charge in [-0.1, -0.05) is 19.1 Å². The third kappa shape index (κ3) is 2.67. The van der Waals surface area contributed by atoms with Crippen molar-refractivity contribution < 1.29 is 5.11 Å². The number of nitrogens with zero attached hydrogens (tertiary/aromatic N) is 2. The average molecular weight is 232 g/mol. The van der Waals surface area contributed by atoms with E-state index in [4.69, 9.17) is 0 Å². The molecule has 0 amide bonds. The van der Waals surface area contributed by atoms with E-state index in [1.807, 2.05) is 32.0 Å². The first-order valence-corrected chi connectivity index (χ1v) is 6.18. The molecule has 0 atom stereocenters. The zero-order valence-electron chi connectivity index (χ0n) is 10.8. The maximum Gasteiger partial charge on any atom is 0.112 e. The summed E-state index contributed by atoms with van der Waals surface area (Å²) in [5.74, 6) is 0.973. The van der Waals surface area contributed by atoms with Crippen LogP contribution in [-0.2, 0) is 13.0 Å². The molecule has 92 valence electrons. The monoisotopic (exact) mass is 232 g/mol. The van der Waals surface area contributed by atoms with Gasteiger partial charge in [0, 0.05) is 13.0 Å². The largest absolute Gasteiger partial charge is 0.390 e. The third-order valence-electron chi connectivity index (χ3n) is 2.77. The first-order valence-electron chi connectivity index (χ1n) is 6.18. The molecule has 0 fully saturated rings. The van der Waals surface area contributed by atoms with Crippen LogP contribution in [0.15, 0.2) is 24.3 Å². The Morgan fingerprint density at radius 2 is 2.00 bits per heavy atom. The summed E-state index contributed by atoms with van der Waals surface area (Å²) >= 11 is 0. The molecule has 0 bridgehead atoms. The zero-order valence-corrected chi connectivity index (χ0v) is 10.8. The number of aliphatic hydroxyl groups is 1. The Balaban J connectivity index is 2.49. The van der Waals surface area contributed by atoms with Gasteiger partial charge in [-0.3, -0.25) is 0 Å². The van der Waals surface area contributed by atoms with Crippen LogP contribution in [0.3, 0.4) is 0 Å². The molecule has 1 N–H and O–H groups in total. The molecule has 1 aromatic heterocycles. The molecule has 0 unspecified atom stereocenters. The molecule has 0 aliphatic carbocycles. The fourth-order valence-corrected chi connectivity index (χ4v) is 2.12. The molecule has 3 heteroatoms. The van der Waals surface area contributed by atoms with Gasteiger partial charge in [0.2, 0.25) is 0 Å². The van der Waals surface area contributed by atoms with Crippen LogP contribution in [0.4, 0.5) is 0 Å². The summed E-state index contributed by atoms with van der Waals surface area (Å²) in [6, 6.07) is 8.14. The van der Waals surface area contributed by atoms with Gasteiger partial charge >= 0.3 is 0 Å². The molecule has 0 radical (unpaired) electrons. The van der Waals surface area contributed by atoms with E-state index in [1.165, 1.54) is 0 Å². The highest BCUT2D eigenvalue weighted by Crippen LogP contribution is 2.20. The lowest BCUT2D eigenvalue weighted by atomic mass is 10.1. The summed E-state index contributed by atoms with van der Waals surface area (Å²) in [6.45, 7) is 6.75. The molecule has 0 aliphatic rings. The summed E-state index contributed by atoms with van der Waals surface area (Å²) in [6.07, 6.45) is 1.65. The van der Waals surface area contributed by atoms with Crippen LogP contribution in [0.2, 0.25) is 0 Å². The number of hydrogen-bond acceptors (Lipinski definition) is 2. The van der Waals surface area contributed by atoms with Gasteiger partial charge in [0.1, 0.15) is 5.82 Å². The fraction of sp³-hybridized carbons (Fsp3) is 0.500. The minimum absolute atomic E-state index is 0.585. The van der Waals surface area contributed by atoms with E-state index in [9.17, 15) is 5.11 Å². The Labute approximate surface area is 102 Å². The van der Waals surface area contributed by atoms with Crippen molar-refractivity contribution in [3.8, 4) is 0 Å². The summed E-state index contributed by atoms with van der Waals surface area (Å²) < 4.78 is 2.22. The Kier molecular flexibility index (Phi) is 3.20. The smallest absolute Gasteiger partial charge is 0.112 e. The molecule has 2 rings (SSSR count). The number of rotatable bonds is 4. The lowest BCUT2D eigenvalue weighted by Gasteiger charge is -2.17. The van der Waals surface area contributed by atoms with E-state index in [-0.39, 0.29) is 0 Å². The first kappa shape index (κ1) is 12.1. The minimum atomic E-state index is -0.715. The van der Waals surface area contributed by atoms with E-state index in [0.29, 0.717) is 6.42 Å². The number of hydrogen-bond donors (Lipinski definition) is 1. The highest BCUT2D eigenvalue weighted by atomic mass is 16.3. The standard InChI is InChI=1S/C14H20N2O/c1-4-9-16-12-8-6-5-7-11(12)15-13(16)10-14(2,3)17/h5-8,17H,4,9-10H2,1-3H3. The van der Waals surface area contributed by atoms with E-state index < -0.39 is 5.60 Å². The van der Waals surface area contributed by atoms with Crippen LogP contribution in [0.25, 0.3) is 11.0 Å². The predicted octanol–water partition coefficient (Wildman–Crippen LogP) is 2.76. The minimum Gasteiger partial charge on any atom is -0.390 e. The topological polar surface area (TPSA) is 38.0 Å². The number of para-hydroxylation sites is 2. The van der Waals surface area contributed by atoms with E-state index in [1.54, 1.807) is 0 Å². The Morgan fingerprint density at radius 3 is 2.65 bits per heavy atom. The highest BCUT2D eigenvalue weighted by molar-refractivity contribution is 5.75. The molecule has 2 aromatic rings. The second-order valence-corrected chi connectivity index (χ2v) is 5.16. The van der Waals surface area contributed by atoms with Gasteiger partial charge in [0.25, 0.3) is 0 Å². The summed E-state index contributed by atoms with van der Waals surface area (Å²) in [7, 11) is 0. The number of fused-ring (bicyclic) bond motifs is 1. The third-order valence-corrected chi connectivity index (χ3v) is 2.77. The van der Waals surface area contributed by atoms with E-state index in [0.717, 1.165) is 29.8 Å². The molecule has 1 aromatic carbocycles. The quantitative estimate of drug-likeness (QED) is 0.880. The second-order valence-electron chi connectivity index (χ2n) is 5.16. The maximum atomic E-state index is 9.94. The number of benzene rings is 1. The Morgan fingerprint density at radius 1 is 1.29 bits per heavy atom. The molecule has 0 saturated carbocycles. The Hall–Kier alpha value is -1.35. The van der Waals surface area contributed by atoms with Crippen LogP contribution in [-0.4, -0.2) is 20.3 Å². The Bertz CT molecular complexity index is 508. The molecule has 17 heavy (non-hydrogen) atoms. The van der Waals surface area contributed by atoms with Gasteiger partial charge in [-0.25, -0.2) is 4.98 Å². The molecular formula is C14H20N2O. The lowest BCUT2D eigenvalue weighted by Crippen LogP contribution is -2.24. The summed E-state index contributed by atoms with van der Waals surface area (Å²) in [5.41, 5.74) is 1.46. The van der Waals surface area contributed by atoms with Crippen molar-refractivity contribution in [2.24, 2.45) is 0 Å². The van der Waals surface area contributed by atoms with Gasteiger partial charge in [-0.05, 0) is 32.4 Å². The van der Waals surface area contributed by atoms with Crippen molar-refractivity contribution in [3.05, 3.63) is 30.1 Å². The number of aromatic nitrogens is 2. The van der Waals surface area contributed by atoms with Gasteiger partial charge in [0.15, 0.2) is 0 Å². The van der Waals surface area contributed by atoms with Crippen molar-refractivity contribution in [1.82, 2.24) is 9.55 Å². The van der Waals surface area contributed by atoms with Crippen LogP contribution < -0.4 is 0 Å². The average Bonchev–Trinajstić information content (AvgIpc) is 2.55. The van der Waals surface area contributed by atoms with Gasteiger partial charge in [-0.15, -0.1) is 0 Å². The SMILES string of the molecule is CCCn1c(CC(C)(C)O)nc2ccccc21. The van der Waals surface area contributed by atoms with Gasteiger partial charge in [0.05, 0.1) is 16.6 Å². The van der Waals surface area contributed by atoms with Crippen molar-refractivity contribution in [1.29, 1.82) is 0 Å². The highest BCUT2D eigenvalue weighted by Gasteiger charge is 2.19. The van der Waals surface area contributed by atoms with Crippen LogP contribution in [0.1, 0.15) is 33.0 Å². The lowest BCUT2D eigenvalue weighted by molar-refractivity contribution is 0.0779. The summed E-state index contributed by atoms with van der Waals surface area (Å²) in [4.78, 5) is 4.62.